The van der Waals surface area contributed by atoms with Gasteiger partial charge >= 0.3 is 0 Å². The second-order valence-electron chi connectivity index (χ2n) is 5.24. The molecule has 116 valence electrons. The van der Waals surface area contributed by atoms with E-state index < -0.39 is 0 Å². The molecule has 4 nitrogen and oxygen atoms in total. The van der Waals surface area contributed by atoms with Crippen LogP contribution in [-0.4, -0.2) is 9.97 Å². The molecule has 0 aliphatic carbocycles. The second-order valence-corrected chi connectivity index (χ2v) is 5.24. The van der Waals surface area contributed by atoms with Crippen LogP contribution in [0.25, 0.3) is 0 Å². The molecule has 0 aliphatic heterocycles. The van der Waals surface area contributed by atoms with Gasteiger partial charge in [-0.3, -0.25) is 0 Å². The Morgan fingerprint density at radius 3 is 2.17 bits per heavy atom. The molecule has 3 rings (SSSR count). The second kappa shape index (κ2) is 8.06. The molecule has 3 aromatic rings. The summed E-state index contributed by atoms with van der Waals surface area (Å²) in [6, 6.07) is 20.5. The minimum atomic E-state index is 0.620. The van der Waals surface area contributed by atoms with Gasteiger partial charge in [0.1, 0.15) is 12.1 Å². The molecule has 0 bridgehead atoms. The van der Waals surface area contributed by atoms with Gasteiger partial charge in [-0.05, 0) is 22.8 Å². The molecular formula is C19H19N3O. The number of benzene rings is 2. The fraction of sp³-hybridized carbons (Fsp3) is 0.158. The zero-order chi connectivity index (χ0) is 15.7. The number of anilines is 1. The molecule has 0 saturated carbocycles. The molecule has 2 aromatic carbocycles. The van der Waals surface area contributed by atoms with Crippen LogP contribution >= 0.6 is 0 Å². The van der Waals surface area contributed by atoms with E-state index in [9.17, 15) is 0 Å². The Labute approximate surface area is 136 Å². The fourth-order valence-electron chi connectivity index (χ4n) is 2.20. The summed E-state index contributed by atoms with van der Waals surface area (Å²) in [4.78, 5) is 8.04. The van der Waals surface area contributed by atoms with Crippen LogP contribution in [0.3, 0.4) is 0 Å². The highest BCUT2D eigenvalue weighted by Gasteiger charge is 1.98. The van der Waals surface area contributed by atoms with Crippen molar-refractivity contribution in [2.45, 2.75) is 19.8 Å². The third-order valence-corrected chi connectivity index (χ3v) is 3.46. The predicted octanol–water partition coefficient (Wildman–Crippen LogP) is 3.81. The first-order valence-electron chi connectivity index (χ1n) is 7.59. The van der Waals surface area contributed by atoms with Gasteiger partial charge in [0.25, 0.3) is 0 Å². The predicted molar refractivity (Wildman–Crippen MR) is 90.7 cm³/mol. The van der Waals surface area contributed by atoms with Crippen LogP contribution < -0.4 is 5.32 Å². The Morgan fingerprint density at radius 2 is 1.48 bits per heavy atom. The van der Waals surface area contributed by atoms with E-state index in [4.69, 9.17) is 4.74 Å². The topological polar surface area (TPSA) is 47.0 Å². The first-order valence-corrected chi connectivity index (χ1v) is 7.59. The van der Waals surface area contributed by atoms with Crippen molar-refractivity contribution in [3.05, 3.63) is 89.9 Å². The van der Waals surface area contributed by atoms with Crippen molar-refractivity contribution in [1.82, 2.24) is 9.97 Å². The highest BCUT2D eigenvalue weighted by molar-refractivity contribution is 5.34. The molecule has 0 radical (unpaired) electrons. The molecule has 0 fully saturated rings. The van der Waals surface area contributed by atoms with Crippen molar-refractivity contribution in [3.8, 4) is 0 Å². The molecule has 4 heteroatoms. The van der Waals surface area contributed by atoms with E-state index in [1.54, 1.807) is 6.20 Å². The minimum absolute atomic E-state index is 0.620. The Kier molecular flexibility index (Phi) is 5.32. The molecule has 1 N–H and O–H groups in total. The van der Waals surface area contributed by atoms with E-state index >= 15 is 0 Å². The summed E-state index contributed by atoms with van der Waals surface area (Å²) in [5.74, 6) is 0.829. The van der Waals surface area contributed by atoms with E-state index in [1.165, 1.54) is 23.0 Å². The summed E-state index contributed by atoms with van der Waals surface area (Å²) in [6.07, 6.45) is 3.26. The zero-order valence-corrected chi connectivity index (χ0v) is 12.9. The van der Waals surface area contributed by atoms with Crippen LogP contribution in [0.1, 0.15) is 16.7 Å². The van der Waals surface area contributed by atoms with Gasteiger partial charge < -0.3 is 10.1 Å². The van der Waals surface area contributed by atoms with E-state index in [-0.39, 0.29) is 0 Å². The van der Waals surface area contributed by atoms with Crippen LogP contribution in [0.2, 0.25) is 0 Å². The fourth-order valence-corrected chi connectivity index (χ4v) is 2.20. The minimum Gasteiger partial charge on any atom is -0.372 e. The maximum Gasteiger partial charge on any atom is 0.129 e. The molecule has 0 unspecified atom stereocenters. The van der Waals surface area contributed by atoms with Gasteiger partial charge in [0.05, 0.1) is 13.2 Å². The SMILES string of the molecule is c1ccc(COCc2ccc(CNc3ccncn3)cc2)cc1. The summed E-state index contributed by atoms with van der Waals surface area (Å²) in [5, 5.41) is 3.26. The van der Waals surface area contributed by atoms with Crippen LogP contribution in [0.15, 0.2) is 73.2 Å². The molecule has 1 aromatic heterocycles. The Morgan fingerprint density at radius 1 is 0.783 bits per heavy atom. The van der Waals surface area contributed by atoms with Crippen molar-refractivity contribution in [2.24, 2.45) is 0 Å². The third kappa shape index (κ3) is 4.90. The number of hydrogen-bond donors (Lipinski definition) is 1. The summed E-state index contributed by atoms with van der Waals surface area (Å²) in [5.41, 5.74) is 3.57. The van der Waals surface area contributed by atoms with Gasteiger partial charge in [-0.25, -0.2) is 9.97 Å². The normalized spacial score (nSPS) is 10.4. The van der Waals surface area contributed by atoms with Crippen LogP contribution in [0, 0.1) is 0 Å². The zero-order valence-electron chi connectivity index (χ0n) is 12.9. The van der Waals surface area contributed by atoms with Gasteiger partial charge in [0.2, 0.25) is 0 Å². The summed E-state index contributed by atoms with van der Waals surface area (Å²) in [7, 11) is 0. The van der Waals surface area contributed by atoms with E-state index in [0.29, 0.717) is 13.2 Å². The number of nitrogens with one attached hydrogen (secondary N) is 1. The maximum atomic E-state index is 5.74. The first-order chi connectivity index (χ1) is 11.4. The van der Waals surface area contributed by atoms with Crippen molar-refractivity contribution in [1.29, 1.82) is 0 Å². The van der Waals surface area contributed by atoms with Crippen molar-refractivity contribution < 1.29 is 4.74 Å². The van der Waals surface area contributed by atoms with Gasteiger partial charge in [-0.15, -0.1) is 0 Å². The largest absolute Gasteiger partial charge is 0.372 e. The monoisotopic (exact) mass is 305 g/mol. The summed E-state index contributed by atoms with van der Waals surface area (Å²) < 4.78 is 5.74. The van der Waals surface area contributed by atoms with Crippen molar-refractivity contribution in [2.75, 3.05) is 5.32 Å². The lowest BCUT2D eigenvalue weighted by molar-refractivity contribution is 0.107. The maximum absolute atomic E-state index is 5.74. The number of hydrogen-bond acceptors (Lipinski definition) is 4. The van der Waals surface area contributed by atoms with E-state index in [1.807, 2.05) is 24.3 Å². The van der Waals surface area contributed by atoms with Gasteiger partial charge in [-0.2, -0.15) is 0 Å². The number of nitrogens with zero attached hydrogens (tertiary/aromatic N) is 2. The molecule has 0 spiro atoms. The Bertz CT molecular complexity index is 700. The molecule has 23 heavy (non-hydrogen) atoms. The lowest BCUT2D eigenvalue weighted by Crippen LogP contribution is -2.01. The van der Waals surface area contributed by atoms with E-state index in [2.05, 4.69) is 51.7 Å². The summed E-state index contributed by atoms with van der Waals surface area (Å²) >= 11 is 0. The van der Waals surface area contributed by atoms with Crippen molar-refractivity contribution in [3.63, 3.8) is 0 Å². The molecule has 0 amide bonds. The Balaban J connectivity index is 1.45. The number of rotatable bonds is 7. The number of ether oxygens (including phenoxy) is 1. The average Bonchev–Trinajstić information content (AvgIpc) is 2.63. The summed E-state index contributed by atoms with van der Waals surface area (Å²) in [6.45, 7) is 1.99. The van der Waals surface area contributed by atoms with Gasteiger partial charge in [-0.1, -0.05) is 54.6 Å². The number of aromatic nitrogens is 2. The lowest BCUT2D eigenvalue weighted by atomic mass is 10.1. The molecule has 1 heterocycles. The Hall–Kier alpha value is -2.72. The highest BCUT2D eigenvalue weighted by atomic mass is 16.5. The standard InChI is InChI=1S/C19H19N3O/c1-2-4-17(5-3-1)13-23-14-18-8-6-16(7-9-18)12-21-19-10-11-20-15-22-19/h1-11,15H,12-14H2,(H,20,21,22). The van der Waals surface area contributed by atoms with Crippen LogP contribution in [0.4, 0.5) is 5.82 Å². The third-order valence-electron chi connectivity index (χ3n) is 3.46. The van der Waals surface area contributed by atoms with Crippen LogP contribution in [-0.2, 0) is 24.5 Å². The molecule has 0 aliphatic rings. The smallest absolute Gasteiger partial charge is 0.129 e. The van der Waals surface area contributed by atoms with Crippen molar-refractivity contribution >= 4 is 5.82 Å². The molecule has 0 atom stereocenters. The molecule has 0 saturated heterocycles. The van der Waals surface area contributed by atoms with E-state index in [0.717, 1.165) is 12.4 Å². The quantitative estimate of drug-likeness (QED) is 0.721. The van der Waals surface area contributed by atoms with Gasteiger partial charge in [0.15, 0.2) is 0 Å². The highest BCUT2D eigenvalue weighted by Crippen LogP contribution is 2.09. The van der Waals surface area contributed by atoms with Crippen LogP contribution in [0.5, 0.6) is 0 Å². The molecular weight excluding hydrogens is 286 g/mol. The van der Waals surface area contributed by atoms with Gasteiger partial charge in [0, 0.05) is 12.7 Å². The lowest BCUT2D eigenvalue weighted by Gasteiger charge is -2.07. The first kappa shape index (κ1) is 15.2. The average molecular weight is 305 g/mol.